The summed E-state index contributed by atoms with van der Waals surface area (Å²) in [7, 11) is 0. The Hall–Kier alpha value is -1.10. The number of carbonyl (C=O) groups excluding carboxylic acids is 1. The maximum atomic E-state index is 12.5. The predicted molar refractivity (Wildman–Crippen MR) is 125 cm³/mol. The van der Waals surface area contributed by atoms with Gasteiger partial charge in [0.2, 0.25) is 0 Å². The van der Waals surface area contributed by atoms with Crippen LogP contribution >= 0.6 is 0 Å². The molecule has 178 valence electrons. The van der Waals surface area contributed by atoms with Crippen molar-refractivity contribution >= 4 is 11.9 Å². The lowest BCUT2D eigenvalue weighted by Gasteiger charge is -2.20. The Labute approximate surface area is 185 Å². The number of aliphatic carboxylic acids is 1. The quantitative estimate of drug-likeness (QED) is 0.150. The van der Waals surface area contributed by atoms with E-state index in [1.807, 2.05) is 6.92 Å². The minimum Gasteiger partial charge on any atom is -0.481 e. The molecule has 5 nitrogen and oxygen atoms in total. The van der Waals surface area contributed by atoms with Gasteiger partial charge in [0.25, 0.3) is 0 Å². The molecule has 0 rings (SSSR count). The standard InChI is InChI=1S/C25H49NO4/c1-4-6-8-10-11-12-13-14-15-17-21-26-23(19-20-24(27)28)25(29)30-22(3)18-16-9-7-5-2/h22-23,26H,4-21H2,1-3H3,(H,27,28). The second-order valence-corrected chi connectivity index (χ2v) is 8.72. The molecule has 0 spiro atoms. The van der Waals surface area contributed by atoms with E-state index in [9.17, 15) is 9.59 Å². The van der Waals surface area contributed by atoms with Gasteiger partial charge < -0.3 is 15.2 Å². The van der Waals surface area contributed by atoms with Crippen molar-refractivity contribution in [3.05, 3.63) is 0 Å². The third-order valence-electron chi connectivity index (χ3n) is 5.63. The van der Waals surface area contributed by atoms with Gasteiger partial charge in [-0.05, 0) is 39.2 Å². The highest BCUT2D eigenvalue weighted by Crippen LogP contribution is 2.12. The van der Waals surface area contributed by atoms with Crippen LogP contribution < -0.4 is 5.32 Å². The van der Waals surface area contributed by atoms with Crippen molar-refractivity contribution in [2.24, 2.45) is 0 Å². The first kappa shape index (κ1) is 28.9. The maximum absolute atomic E-state index is 12.5. The molecule has 2 atom stereocenters. The highest BCUT2D eigenvalue weighted by atomic mass is 16.5. The zero-order valence-corrected chi connectivity index (χ0v) is 20.1. The number of unbranched alkanes of at least 4 members (excludes halogenated alkanes) is 12. The number of hydrogen-bond donors (Lipinski definition) is 2. The molecule has 0 aliphatic rings. The van der Waals surface area contributed by atoms with Crippen LogP contribution in [-0.4, -0.2) is 35.7 Å². The first-order chi connectivity index (χ1) is 14.5. The first-order valence-electron chi connectivity index (χ1n) is 12.7. The van der Waals surface area contributed by atoms with Gasteiger partial charge in [-0.25, -0.2) is 0 Å². The average Bonchev–Trinajstić information content (AvgIpc) is 2.71. The minimum atomic E-state index is -0.874. The minimum absolute atomic E-state index is 0.0182. The summed E-state index contributed by atoms with van der Waals surface area (Å²) >= 11 is 0. The lowest BCUT2D eigenvalue weighted by Crippen LogP contribution is -2.40. The van der Waals surface area contributed by atoms with Crippen molar-refractivity contribution in [3.8, 4) is 0 Å². The summed E-state index contributed by atoms with van der Waals surface area (Å²) < 4.78 is 5.58. The van der Waals surface area contributed by atoms with Gasteiger partial charge in [0.05, 0.1) is 6.10 Å². The summed E-state index contributed by atoms with van der Waals surface area (Å²) in [6.45, 7) is 7.09. The lowest BCUT2D eigenvalue weighted by molar-refractivity contribution is -0.151. The summed E-state index contributed by atoms with van der Waals surface area (Å²) in [5, 5.41) is 12.2. The van der Waals surface area contributed by atoms with Gasteiger partial charge in [0, 0.05) is 6.42 Å². The molecule has 0 aromatic carbocycles. The van der Waals surface area contributed by atoms with Gasteiger partial charge in [-0.1, -0.05) is 90.9 Å². The first-order valence-corrected chi connectivity index (χ1v) is 12.7. The van der Waals surface area contributed by atoms with Gasteiger partial charge in [-0.15, -0.1) is 0 Å². The van der Waals surface area contributed by atoms with Crippen molar-refractivity contribution in [1.29, 1.82) is 0 Å². The number of rotatable bonds is 22. The molecule has 0 aliphatic carbocycles. The Balaban J connectivity index is 4.00. The van der Waals surface area contributed by atoms with E-state index in [-0.39, 0.29) is 24.9 Å². The fourth-order valence-electron chi connectivity index (χ4n) is 3.66. The van der Waals surface area contributed by atoms with E-state index in [1.165, 1.54) is 64.2 Å². The third kappa shape index (κ3) is 18.9. The molecule has 0 saturated heterocycles. The number of esters is 1. The monoisotopic (exact) mass is 427 g/mol. The summed E-state index contributed by atoms with van der Waals surface area (Å²) in [6, 6.07) is -0.516. The molecule has 0 bridgehead atoms. The van der Waals surface area contributed by atoms with Crippen LogP contribution in [0.3, 0.4) is 0 Å². The van der Waals surface area contributed by atoms with Gasteiger partial charge in [0.15, 0.2) is 0 Å². The van der Waals surface area contributed by atoms with E-state index in [0.717, 1.165) is 38.6 Å². The summed E-state index contributed by atoms with van der Waals surface area (Å²) in [5.74, 6) is -1.17. The van der Waals surface area contributed by atoms with E-state index < -0.39 is 12.0 Å². The molecule has 0 amide bonds. The number of carboxylic acids is 1. The van der Waals surface area contributed by atoms with E-state index in [1.54, 1.807) is 0 Å². The predicted octanol–water partition coefficient (Wildman–Crippen LogP) is 6.63. The Morgan fingerprint density at radius 2 is 1.27 bits per heavy atom. The van der Waals surface area contributed by atoms with Crippen LogP contribution in [0, 0.1) is 0 Å². The van der Waals surface area contributed by atoms with Crippen molar-refractivity contribution in [2.45, 2.75) is 142 Å². The molecule has 0 aliphatic heterocycles. The zero-order valence-electron chi connectivity index (χ0n) is 20.1. The number of carbonyl (C=O) groups is 2. The molecular formula is C25H49NO4. The molecule has 30 heavy (non-hydrogen) atoms. The van der Waals surface area contributed by atoms with Crippen LogP contribution in [0.15, 0.2) is 0 Å². The van der Waals surface area contributed by atoms with Gasteiger partial charge in [-0.3, -0.25) is 9.59 Å². The molecule has 0 radical (unpaired) electrons. The lowest BCUT2D eigenvalue weighted by atomic mass is 10.1. The Bertz CT molecular complexity index is 414. The maximum Gasteiger partial charge on any atom is 0.323 e. The van der Waals surface area contributed by atoms with E-state index in [4.69, 9.17) is 9.84 Å². The van der Waals surface area contributed by atoms with E-state index >= 15 is 0 Å². The molecular weight excluding hydrogens is 378 g/mol. The largest absolute Gasteiger partial charge is 0.481 e. The van der Waals surface area contributed by atoms with Crippen molar-refractivity contribution in [1.82, 2.24) is 5.32 Å². The van der Waals surface area contributed by atoms with Crippen LogP contribution in [0.4, 0.5) is 0 Å². The van der Waals surface area contributed by atoms with Gasteiger partial charge in [-0.2, -0.15) is 0 Å². The normalized spacial score (nSPS) is 13.2. The molecule has 0 heterocycles. The summed E-state index contributed by atoms with van der Waals surface area (Å²) in [6.07, 6.45) is 18.4. The number of ether oxygens (including phenoxy) is 1. The molecule has 0 aromatic rings. The Morgan fingerprint density at radius 1 is 0.767 bits per heavy atom. The SMILES string of the molecule is CCCCCCCCCCCCNC(CCC(=O)O)C(=O)OC(C)CCCCCC. The van der Waals surface area contributed by atoms with Crippen molar-refractivity contribution in [2.75, 3.05) is 6.54 Å². The van der Waals surface area contributed by atoms with Crippen LogP contribution in [0.25, 0.3) is 0 Å². The molecule has 0 fully saturated rings. The summed E-state index contributed by atoms with van der Waals surface area (Å²) in [5.41, 5.74) is 0. The van der Waals surface area contributed by atoms with Crippen LogP contribution in [-0.2, 0) is 14.3 Å². The molecule has 5 heteroatoms. The Kier molecular flexibility index (Phi) is 20.4. The van der Waals surface area contributed by atoms with Crippen molar-refractivity contribution in [3.63, 3.8) is 0 Å². The molecule has 0 saturated carbocycles. The molecule has 2 N–H and O–H groups in total. The van der Waals surface area contributed by atoms with Crippen LogP contribution in [0.2, 0.25) is 0 Å². The second kappa shape index (κ2) is 21.1. The fraction of sp³-hybridized carbons (Fsp3) is 0.920. The highest BCUT2D eigenvalue weighted by molar-refractivity contribution is 5.77. The molecule has 0 aromatic heterocycles. The van der Waals surface area contributed by atoms with Crippen LogP contribution in [0.1, 0.15) is 130 Å². The topological polar surface area (TPSA) is 75.6 Å². The molecule has 2 unspecified atom stereocenters. The Morgan fingerprint density at radius 3 is 1.80 bits per heavy atom. The second-order valence-electron chi connectivity index (χ2n) is 8.72. The van der Waals surface area contributed by atoms with Gasteiger partial charge >= 0.3 is 11.9 Å². The van der Waals surface area contributed by atoms with Crippen molar-refractivity contribution < 1.29 is 19.4 Å². The number of hydrogen-bond acceptors (Lipinski definition) is 4. The van der Waals surface area contributed by atoms with E-state index in [2.05, 4.69) is 19.2 Å². The smallest absolute Gasteiger partial charge is 0.323 e. The zero-order chi connectivity index (χ0) is 22.5. The number of carboxylic acid groups (broad SMARTS) is 1. The van der Waals surface area contributed by atoms with E-state index in [0.29, 0.717) is 0 Å². The highest BCUT2D eigenvalue weighted by Gasteiger charge is 2.22. The number of nitrogens with one attached hydrogen (secondary N) is 1. The third-order valence-corrected chi connectivity index (χ3v) is 5.63. The fourth-order valence-corrected chi connectivity index (χ4v) is 3.66. The average molecular weight is 428 g/mol. The van der Waals surface area contributed by atoms with Gasteiger partial charge in [0.1, 0.15) is 6.04 Å². The summed E-state index contributed by atoms with van der Waals surface area (Å²) in [4.78, 5) is 23.4. The van der Waals surface area contributed by atoms with Crippen LogP contribution in [0.5, 0.6) is 0 Å².